The second kappa shape index (κ2) is 9.53. The molecule has 0 saturated heterocycles. The minimum Gasteiger partial charge on any atom is -0.462 e. The molecule has 0 radical (unpaired) electrons. The Hall–Kier alpha value is -3.20. The van der Waals surface area contributed by atoms with Crippen LogP contribution in [-0.4, -0.2) is 48.4 Å². The van der Waals surface area contributed by atoms with E-state index in [0.29, 0.717) is 25.1 Å². The summed E-state index contributed by atoms with van der Waals surface area (Å²) in [7, 11) is 0. The zero-order valence-electron chi connectivity index (χ0n) is 16.7. The molecule has 0 fully saturated rings. The third-order valence-electron chi connectivity index (χ3n) is 4.53. The number of nitrogens with one attached hydrogen (secondary N) is 1. The van der Waals surface area contributed by atoms with Crippen LogP contribution in [-0.2, 0) is 32.0 Å². The maximum Gasteiger partial charge on any atom is 0.397 e. The van der Waals surface area contributed by atoms with Crippen LogP contribution in [0.25, 0.3) is 0 Å². The maximum atomic E-state index is 12.8. The van der Waals surface area contributed by atoms with Crippen molar-refractivity contribution in [1.82, 2.24) is 4.90 Å². The smallest absolute Gasteiger partial charge is 0.397 e. The third-order valence-corrected chi connectivity index (χ3v) is 5.66. The first-order chi connectivity index (χ1) is 14.5. The number of ether oxygens (including phenoxy) is 2. The van der Waals surface area contributed by atoms with Gasteiger partial charge in [0.05, 0.1) is 25.3 Å². The number of fused-ring (bicyclic) bond motifs is 1. The maximum absolute atomic E-state index is 12.8. The van der Waals surface area contributed by atoms with E-state index in [0.717, 1.165) is 21.8 Å². The Labute approximate surface area is 177 Å². The van der Waals surface area contributed by atoms with E-state index in [2.05, 4.69) is 5.32 Å². The second-order valence-corrected chi connectivity index (χ2v) is 7.55. The SMILES string of the molecule is CCOC(=O)C(=O)Nc1sc2c(c1C(=O)OCC)CCN(C(=O)c1ccccc1)C2. The third kappa shape index (κ3) is 4.51. The quantitative estimate of drug-likeness (QED) is 0.578. The highest BCUT2D eigenvalue weighted by Gasteiger charge is 2.32. The molecule has 1 aromatic carbocycles. The molecule has 1 aliphatic rings. The number of hydrogen-bond donors (Lipinski definition) is 1. The van der Waals surface area contributed by atoms with Crippen molar-refractivity contribution in [2.24, 2.45) is 0 Å². The monoisotopic (exact) mass is 430 g/mol. The Morgan fingerprint density at radius 1 is 1.07 bits per heavy atom. The number of carbonyl (C=O) groups excluding carboxylic acids is 4. The molecule has 0 saturated carbocycles. The normalized spacial score (nSPS) is 12.7. The number of hydrogen-bond acceptors (Lipinski definition) is 7. The lowest BCUT2D eigenvalue weighted by atomic mass is 10.0. The summed E-state index contributed by atoms with van der Waals surface area (Å²) >= 11 is 1.16. The van der Waals surface area contributed by atoms with Gasteiger partial charge in [0.2, 0.25) is 0 Å². The fourth-order valence-corrected chi connectivity index (χ4v) is 4.44. The molecule has 9 heteroatoms. The van der Waals surface area contributed by atoms with Gasteiger partial charge in [-0.1, -0.05) is 18.2 Å². The molecular formula is C21H22N2O6S. The average molecular weight is 430 g/mol. The van der Waals surface area contributed by atoms with Gasteiger partial charge in [-0.25, -0.2) is 9.59 Å². The molecule has 2 heterocycles. The molecule has 1 aliphatic heterocycles. The summed E-state index contributed by atoms with van der Waals surface area (Å²) in [6.45, 7) is 4.25. The predicted octanol–water partition coefficient (Wildman–Crippen LogP) is 2.62. The first-order valence-electron chi connectivity index (χ1n) is 9.60. The number of carbonyl (C=O) groups is 4. The van der Waals surface area contributed by atoms with Crippen LogP contribution in [0.2, 0.25) is 0 Å². The van der Waals surface area contributed by atoms with E-state index in [4.69, 9.17) is 9.47 Å². The summed E-state index contributed by atoms with van der Waals surface area (Å²) in [5, 5.41) is 2.70. The van der Waals surface area contributed by atoms with Crippen LogP contribution >= 0.6 is 11.3 Å². The molecule has 2 amide bonds. The Kier molecular flexibility index (Phi) is 6.83. The fourth-order valence-electron chi connectivity index (χ4n) is 3.20. The summed E-state index contributed by atoms with van der Waals surface area (Å²) in [6, 6.07) is 8.95. The van der Waals surface area contributed by atoms with Crippen molar-refractivity contribution >= 4 is 40.1 Å². The molecule has 0 aliphatic carbocycles. The molecule has 0 spiro atoms. The van der Waals surface area contributed by atoms with Crippen LogP contribution in [0.15, 0.2) is 30.3 Å². The van der Waals surface area contributed by atoms with Crippen LogP contribution in [0.5, 0.6) is 0 Å². The molecule has 158 valence electrons. The second-order valence-electron chi connectivity index (χ2n) is 6.45. The van der Waals surface area contributed by atoms with Gasteiger partial charge >= 0.3 is 17.8 Å². The Balaban J connectivity index is 1.88. The first-order valence-corrected chi connectivity index (χ1v) is 10.4. The van der Waals surface area contributed by atoms with Crippen LogP contribution in [0.4, 0.5) is 5.00 Å². The highest BCUT2D eigenvalue weighted by molar-refractivity contribution is 7.17. The van der Waals surface area contributed by atoms with E-state index < -0.39 is 17.8 Å². The van der Waals surface area contributed by atoms with Crippen LogP contribution in [0.3, 0.4) is 0 Å². The molecule has 1 aromatic heterocycles. The van der Waals surface area contributed by atoms with Crippen molar-refractivity contribution in [2.75, 3.05) is 25.1 Å². The van der Waals surface area contributed by atoms with E-state index in [9.17, 15) is 19.2 Å². The summed E-state index contributed by atoms with van der Waals surface area (Å²) in [4.78, 5) is 51.6. The van der Waals surface area contributed by atoms with Crippen molar-refractivity contribution < 1.29 is 28.7 Å². The average Bonchev–Trinajstić information content (AvgIpc) is 3.11. The van der Waals surface area contributed by atoms with E-state index >= 15 is 0 Å². The van der Waals surface area contributed by atoms with Crippen LogP contribution < -0.4 is 5.32 Å². The Morgan fingerprint density at radius 2 is 1.77 bits per heavy atom. The van der Waals surface area contributed by atoms with Gasteiger partial charge < -0.3 is 19.7 Å². The standard InChI is InChI=1S/C21H22N2O6S/c1-3-28-20(26)16-14-10-11-23(19(25)13-8-6-5-7-9-13)12-15(14)30-18(16)22-17(24)21(27)29-4-2/h5-9H,3-4,10-12H2,1-2H3,(H,22,24). The molecule has 0 unspecified atom stereocenters. The van der Waals surface area contributed by atoms with Gasteiger partial charge in [0.1, 0.15) is 5.00 Å². The van der Waals surface area contributed by atoms with Crippen molar-refractivity contribution in [3.8, 4) is 0 Å². The predicted molar refractivity (Wildman–Crippen MR) is 110 cm³/mol. The van der Waals surface area contributed by atoms with Gasteiger partial charge in [-0.05, 0) is 38.0 Å². The minimum absolute atomic E-state index is 0.0640. The number of nitrogens with zero attached hydrogens (tertiary/aromatic N) is 1. The van der Waals surface area contributed by atoms with Crippen molar-refractivity contribution in [3.63, 3.8) is 0 Å². The highest BCUT2D eigenvalue weighted by Crippen LogP contribution is 2.38. The van der Waals surface area contributed by atoms with Gasteiger partial charge in [-0.2, -0.15) is 0 Å². The number of benzene rings is 1. The Morgan fingerprint density at radius 3 is 2.43 bits per heavy atom. The number of esters is 2. The number of anilines is 1. The number of rotatable bonds is 5. The topological polar surface area (TPSA) is 102 Å². The van der Waals surface area contributed by atoms with Crippen molar-refractivity contribution in [1.29, 1.82) is 0 Å². The lowest BCUT2D eigenvalue weighted by Gasteiger charge is -2.27. The molecule has 0 atom stereocenters. The summed E-state index contributed by atoms with van der Waals surface area (Å²) < 4.78 is 9.85. The molecule has 8 nitrogen and oxygen atoms in total. The summed E-state index contributed by atoms with van der Waals surface area (Å²) in [5.41, 5.74) is 1.55. The molecule has 3 rings (SSSR count). The lowest BCUT2D eigenvalue weighted by Crippen LogP contribution is -2.35. The molecule has 30 heavy (non-hydrogen) atoms. The van der Waals surface area contributed by atoms with Crippen LogP contribution in [0.1, 0.15) is 45.0 Å². The van der Waals surface area contributed by atoms with Crippen molar-refractivity contribution in [3.05, 3.63) is 51.9 Å². The number of thiophene rings is 1. The lowest BCUT2D eigenvalue weighted by molar-refractivity contribution is -0.152. The summed E-state index contributed by atoms with van der Waals surface area (Å²) in [5.74, 6) is -2.67. The van der Waals surface area contributed by atoms with Gasteiger partial charge in [0.25, 0.3) is 5.91 Å². The van der Waals surface area contributed by atoms with Crippen LogP contribution in [0, 0.1) is 0 Å². The first kappa shape index (κ1) is 21.5. The number of amides is 2. The molecular weight excluding hydrogens is 408 g/mol. The van der Waals surface area contributed by atoms with Gasteiger partial charge in [-0.3, -0.25) is 9.59 Å². The van der Waals surface area contributed by atoms with E-state index in [1.54, 1.807) is 43.0 Å². The van der Waals surface area contributed by atoms with E-state index in [1.807, 2.05) is 6.07 Å². The van der Waals surface area contributed by atoms with Crippen molar-refractivity contribution in [2.45, 2.75) is 26.8 Å². The molecule has 1 N–H and O–H groups in total. The zero-order chi connectivity index (χ0) is 21.7. The molecule has 2 aromatic rings. The minimum atomic E-state index is -1.03. The Bertz CT molecular complexity index is 969. The zero-order valence-corrected chi connectivity index (χ0v) is 17.5. The van der Waals surface area contributed by atoms with E-state index in [1.165, 1.54) is 0 Å². The van der Waals surface area contributed by atoms with E-state index in [-0.39, 0.29) is 29.7 Å². The summed E-state index contributed by atoms with van der Waals surface area (Å²) in [6.07, 6.45) is 0.438. The fraction of sp³-hybridized carbons (Fsp3) is 0.333. The molecule has 0 bridgehead atoms. The highest BCUT2D eigenvalue weighted by atomic mass is 32.1. The van der Waals surface area contributed by atoms with Gasteiger partial charge in [0.15, 0.2) is 0 Å². The largest absolute Gasteiger partial charge is 0.462 e. The van der Waals surface area contributed by atoms with Gasteiger partial charge in [-0.15, -0.1) is 11.3 Å². The van der Waals surface area contributed by atoms with Gasteiger partial charge in [0, 0.05) is 17.0 Å².